The molecule has 4 aromatic rings. The standard InChI is InChI=1S/C32H33F2N5O3/c1-7-10-20-18-38(15-16-39(20)31(40)42-32(3,4)5)29-23-17-35-27(26(34)28(23)36-30(37-29)41-6)22-12-9-11-19-13-14-24(33)21(8-2)25(19)22/h2,9,11-14,17,20H,7,10,15-16,18H2,1,3-6H3. The number of carbonyl (C=O) groups excluding carboxylic acids is 1. The molecule has 1 fully saturated rings. The quantitative estimate of drug-likeness (QED) is 0.258. The summed E-state index contributed by atoms with van der Waals surface area (Å²) in [5.74, 6) is 1.58. The molecule has 1 amide bonds. The van der Waals surface area contributed by atoms with Crippen molar-refractivity contribution in [3.63, 3.8) is 0 Å². The van der Waals surface area contributed by atoms with Gasteiger partial charge in [-0.15, -0.1) is 6.42 Å². The molecule has 10 heteroatoms. The van der Waals surface area contributed by atoms with Crippen LogP contribution in [0.25, 0.3) is 32.9 Å². The number of terminal acetylenes is 1. The second-order valence-corrected chi connectivity index (χ2v) is 11.2. The van der Waals surface area contributed by atoms with Crippen molar-refractivity contribution in [2.75, 3.05) is 31.6 Å². The van der Waals surface area contributed by atoms with Gasteiger partial charge in [-0.2, -0.15) is 9.97 Å². The number of rotatable bonds is 5. The van der Waals surface area contributed by atoms with Gasteiger partial charge < -0.3 is 19.3 Å². The average molecular weight is 574 g/mol. The van der Waals surface area contributed by atoms with Gasteiger partial charge in [0.1, 0.15) is 28.4 Å². The molecule has 8 nitrogen and oxygen atoms in total. The first-order chi connectivity index (χ1) is 20.1. The highest BCUT2D eigenvalue weighted by Crippen LogP contribution is 2.37. The summed E-state index contributed by atoms with van der Waals surface area (Å²) in [5.41, 5.74) is -0.221. The third-order valence-corrected chi connectivity index (χ3v) is 7.25. The topological polar surface area (TPSA) is 80.7 Å². The lowest BCUT2D eigenvalue weighted by molar-refractivity contribution is 0.0131. The lowest BCUT2D eigenvalue weighted by atomic mass is 9.96. The van der Waals surface area contributed by atoms with E-state index in [0.717, 1.165) is 12.8 Å². The van der Waals surface area contributed by atoms with Gasteiger partial charge in [0.15, 0.2) is 5.82 Å². The van der Waals surface area contributed by atoms with E-state index < -0.39 is 17.2 Å². The molecule has 1 atom stereocenters. The summed E-state index contributed by atoms with van der Waals surface area (Å²) in [5, 5.41) is 1.45. The Kier molecular flexibility index (Phi) is 7.87. The van der Waals surface area contributed by atoms with Gasteiger partial charge in [0.05, 0.1) is 24.1 Å². The molecular weight excluding hydrogens is 540 g/mol. The van der Waals surface area contributed by atoms with Gasteiger partial charge in [0.2, 0.25) is 0 Å². The average Bonchev–Trinajstić information content (AvgIpc) is 2.96. The minimum Gasteiger partial charge on any atom is -0.467 e. The molecule has 0 radical (unpaired) electrons. The first kappa shape index (κ1) is 29.0. The summed E-state index contributed by atoms with van der Waals surface area (Å²) < 4.78 is 42.0. The number of hydrogen-bond donors (Lipinski definition) is 0. The number of pyridine rings is 1. The highest BCUT2D eigenvalue weighted by molar-refractivity contribution is 6.02. The summed E-state index contributed by atoms with van der Waals surface area (Å²) in [6.45, 7) is 8.87. The highest BCUT2D eigenvalue weighted by atomic mass is 19.1. The van der Waals surface area contributed by atoms with Crippen LogP contribution in [-0.2, 0) is 4.74 Å². The molecule has 0 spiro atoms. The molecule has 2 aromatic heterocycles. The van der Waals surface area contributed by atoms with E-state index >= 15 is 4.39 Å². The lowest BCUT2D eigenvalue weighted by Gasteiger charge is -2.42. The first-order valence-corrected chi connectivity index (χ1v) is 13.9. The van der Waals surface area contributed by atoms with E-state index in [9.17, 15) is 9.18 Å². The van der Waals surface area contributed by atoms with Crippen LogP contribution in [0.4, 0.5) is 19.4 Å². The molecule has 3 heterocycles. The predicted molar refractivity (Wildman–Crippen MR) is 159 cm³/mol. The van der Waals surface area contributed by atoms with Crippen molar-refractivity contribution in [3.8, 4) is 29.6 Å². The van der Waals surface area contributed by atoms with Crippen LogP contribution in [-0.4, -0.2) is 64.3 Å². The number of fused-ring (bicyclic) bond motifs is 2. The Labute approximate surface area is 243 Å². The maximum Gasteiger partial charge on any atom is 0.410 e. The molecule has 1 aliphatic rings. The smallest absolute Gasteiger partial charge is 0.410 e. The number of amides is 1. The van der Waals surface area contributed by atoms with E-state index in [4.69, 9.17) is 15.9 Å². The molecule has 0 saturated carbocycles. The summed E-state index contributed by atoms with van der Waals surface area (Å²) in [4.78, 5) is 30.1. The molecule has 42 heavy (non-hydrogen) atoms. The Balaban J connectivity index is 1.60. The van der Waals surface area contributed by atoms with Gasteiger partial charge in [-0.25, -0.2) is 13.6 Å². The van der Waals surface area contributed by atoms with E-state index in [-0.39, 0.29) is 34.9 Å². The number of anilines is 1. The van der Waals surface area contributed by atoms with Crippen molar-refractivity contribution in [1.82, 2.24) is 19.9 Å². The number of piperazine rings is 1. The molecule has 0 N–H and O–H groups in total. The normalized spacial score (nSPS) is 15.6. The molecule has 1 saturated heterocycles. The highest BCUT2D eigenvalue weighted by Gasteiger charge is 2.34. The lowest BCUT2D eigenvalue weighted by Crippen LogP contribution is -2.56. The van der Waals surface area contributed by atoms with Gasteiger partial charge in [-0.3, -0.25) is 4.98 Å². The molecule has 5 rings (SSSR count). The SMILES string of the molecule is C#Cc1c(F)ccc2cccc(-c3ncc4c(N5CCN(C(=O)OC(C)(C)C)C(CCC)C5)nc(OC)nc4c3F)c12. The van der Waals surface area contributed by atoms with Gasteiger partial charge in [-0.05, 0) is 38.6 Å². The van der Waals surface area contributed by atoms with Crippen molar-refractivity contribution in [2.45, 2.75) is 52.2 Å². The Morgan fingerprint density at radius 1 is 1.17 bits per heavy atom. The molecule has 2 aromatic carbocycles. The third-order valence-electron chi connectivity index (χ3n) is 7.25. The van der Waals surface area contributed by atoms with Crippen LogP contribution in [0.3, 0.4) is 0 Å². The Hall–Kier alpha value is -4.52. The van der Waals surface area contributed by atoms with E-state index in [1.165, 1.54) is 19.4 Å². The number of ether oxygens (including phenoxy) is 2. The number of methoxy groups -OCH3 is 1. The van der Waals surface area contributed by atoms with Gasteiger partial charge >= 0.3 is 12.1 Å². The van der Waals surface area contributed by atoms with Crippen LogP contribution < -0.4 is 9.64 Å². The van der Waals surface area contributed by atoms with Gasteiger partial charge in [-0.1, -0.05) is 43.5 Å². The maximum absolute atomic E-state index is 16.4. The predicted octanol–water partition coefficient (Wildman–Crippen LogP) is 6.34. The number of halogens is 2. The number of benzene rings is 2. The van der Waals surface area contributed by atoms with Crippen LogP contribution in [0, 0.1) is 24.0 Å². The Morgan fingerprint density at radius 2 is 1.95 bits per heavy atom. The summed E-state index contributed by atoms with van der Waals surface area (Å²) in [6, 6.07) is 7.93. The number of hydrogen-bond acceptors (Lipinski definition) is 7. The number of nitrogens with zero attached hydrogens (tertiary/aromatic N) is 5. The first-order valence-electron chi connectivity index (χ1n) is 13.9. The van der Waals surface area contributed by atoms with Crippen LogP contribution in [0.1, 0.15) is 46.1 Å². The molecule has 1 aliphatic heterocycles. The van der Waals surface area contributed by atoms with Crippen LogP contribution in [0.2, 0.25) is 0 Å². The molecule has 0 aliphatic carbocycles. The molecule has 218 valence electrons. The molecule has 0 bridgehead atoms. The fraction of sp³-hybridized carbons (Fsp3) is 0.375. The monoisotopic (exact) mass is 573 g/mol. The summed E-state index contributed by atoms with van der Waals surface area (Å²) >= 11 is 0. The minimum absolute atomic E-state index is 0.0107. The van der Waals surface area contributed by atoms with Crippen LogP contribution in [0.5, 0.6) is 6.01 Å². The fourth-order valence-electron chi connectivity index (χ4n) is 5.42. The van der Waals surface area contributed by atoms with Crippen molar-refractivity contribution in [1.29, 1.82) is 0 Å². The largest absolute Gasteiger partial charge is 0.467 e. The number of carbonyl (C=O) groups is 1. The van der Waals surface area contributed by atoms with Crippen molar-refractivity contribution in [3.05, 3.63) is 53.7 Å². The van der Waals surface area contributed by atoms with E-state index in [2.05, 4.69) is 27.8 Å². The zero-order valence-electron chi connectivity index (χ0n) is 24.4. The van der Waals surface area contributed by atoms with Gasteiger partial charge in [0, 0.05) is 36.8 Å². The Morgan fingerprint density at radius 3 is 2.64 bits per heavy atom. The summed E-state index contributed by atoms with van der Waals surface area (Å²) in [6.07, 6.45) is 8.41. The third kappa shape index (κ3) is 5.39. The zero-order valence-corrected chi connectivity index (χ0v) is 24.4. The fourth-order valence-corrected chi connectivity index (χ4v) is 5.42. The summed E-state index contributed by atoms with van der Waals surface area (Å²) in [7, 11) is 1.41. The Bertz CT molecular complexity index is 1710. The molecular formula is C32H33F2N5O3. The van der Waals surface area contributed by atoms with Crippen LogP contribution >= 0.6 is 0 Å². The van der Waals surface area contributed by atoms with Crippen molar-refractivity contribution < 1.29 is 23.0 Å². The second-order valence-electron chi connectivity index (χ2n) is 11.2. The van der Waals surface area contributed by atoms with Crippen molar-refractivity contribution >= 4 is 33.6 Å². The number of aromatic nitrogens is 3. The maximum atomic E-state index is 16.4. The van der Waals surface area contributed by atoms with E-state index in [0.29, 0.717) is 47.2 Å². The minimum atomic E-state index is -0.702. The van der Waals surface area contributed by atoms with Crippen molar-refractivity contribution in [2.24, 2.45) is 0 Å². The molecule has 1 unspecified atom stereocenters. The second kappa shape index (κ2) is 11.4. The van der Waals surface area contributed by atoms with Crippen LogP contribution in [0.15, 0.2) is 36.5 Å². The van der Waals surface area contributed by atoms with E-state index in [1.54, 1.807) is 29.2 Å². The van der Waals surface area contributed by atoms with E-state index in [1.807, 2.05) is 25.7 Å². The van der Waals surface area contributed by atoms with Gasteiger partial charge in [0.25, 0.3) is 0 Å². The zero-order chi connectivity index (χ0) is 30.2.